The minimum Gasteiger partial charge on any atom is -0.353 e. The summed E-state index contributed by atoms with van der Waals surface area (Å²) in [5.74, 6) is 0. The van der Waals surface area contributed by atoms with Crippen molar-refractivity contribution in [2.45, 2.75) is 6.92 Å². The van der Waals surface area contributed by atoms with E-state index in [9.17, 15) is 0 Å². The fraction of sp³-hybridized carbons (Fsp3) is 0.0714. The van der Waals surface area contributed by atoms with Crippen LogP contribution in [0.25, 0.3) is 0 Å². The summed E-state index contributed by atoms with van der Waals surface area (Å²) in [5.41, 5.74) is 2.86. The van der Waals surface area contributed by atoms with Crippen LogP contribution in [0.15, 0.2) is 36.4 Å². The molecule has 2 rings (SSSR count). The van der Waals surface area contributed by atoms with E-state index in [1.807, 2.05) is 19.1 Å². The molecule has 0 spiro atoms. The van der Waals surface area contributed by atoms with Crippen LogP contribution in [0.3, 0.4) is 0 Å². The van der Waals surface area contributed by atoms with E-state index in [4.69, 9.17) is 28.5 Å². The van der Waals surface area contributed by atoms with E-state index >= 15 is 0 Å². The van der Waals surface area contributed by atoms with Crippen molar-refractivity contribution in [2.24, 2.45) is 0 Å². The lowest BCUT2D eigenvalue weighted by Gasteiger charge is -2.13. The predicted molar refractivity (Wildman–Crippen MR) is 75.6 cm³/mol. The molecule has 1 N–H and O–H groups in total. The van der Waals surface area contributed by atoms with Crippen LogP contribution in [0.5, 0.6) is 0 Å². The summed E-state index contributed by atoms with van der Waals surface area (Å²) in [4.78, 5) is 0. The molecule has 0 aliphatic carbocycles. The van der Waals surface area contributed by atoms with Gasteiger partial charge in [-0.15, -0.1) is 0 Å². The van der Waals surface area contributed by atoms with Gasteiger partial charge in [0.15, 0.2) is 0 Å². The zero-order valence-electron chi connectivity index (χ0n) is 9.67. The van der Waals surface area contributed by atoms with Gasteiger partial charge in [-0.25, -0.2) is 0 Å². The number of para-hydroxylation sites is 1. The molecule has 0 unspecified atom stereocenters. The monoisotopic (exact) mass is 276 g/mol. The molecule has 0 aliphatic heterocycles. The Morgan fingerprint density at radius 1 is 1.06 bits per heavy atom. The van der Waals surface area contributed by atoms with Crippen molar-refractivity contribution in [3.8, 4) is 6.07 Å². The van der Waals surface area contributed by atoms with E-state index in [-0.39, 0.29) is 0 Å². The first-order valence-corrected chi connectivity index (χ1v) is 6.10. The van der Waals surface area contributed by atoms with Gasteiger partial charge in [0, 0.05) is 0 Å². The summed E-state index contributed by atoms with van der Waals surface area (Å²) in [5, 5.41) is 13.3. The molecule has 0 saturated heterocycles. The Morgan fingerprint density at radius 2 is 1.72 bits per heavy atom. The van der Waals surface area contributed by atoms with E-state index in [1.54, 1.807) is 24.3 Å². The number of rotatable bonds is 2. The number of hydrogen-bond donors (Lipinski definition) is 1. The van der Waals surface area contributed by atoms with E-state index < -0.39 is 0 Å². The van der Waals surface area contributed by atoms with Crippen molar-refractivity contribution in [1.82, 2.24) is 0 Å². The van der Waals surface area contributed by atoms with Crippen LogP contribution >= 0.6 is 23.2 Å². The Bertz CT molecular complexity index is 610. The topological polar surface area (TPSA) is 35.8 Å². The third kappa shape index (κ3) is 2.43. The molecule has 0 heterocycles. The molecular formula is C14H10Cl2N2. The molecule has 4 heteroatoms. The third-order valence-electron chi connectivity index (χ3n) is 2.61. The van der Waals surface area contributed by atoms with E-state index in [0.717, 1.165) is 11.3 Å². The van der Waals surface area contributed by atoms with Crippen molar-refractivity contribution in [3.05, 3.63) is 57.6 Å². The second-order valence-corrected chi connectivity index (χ2v) is 4.65. The van der Waals surface area contributed by atoms with Crippen molar-refractivity contribution in [2.75, 3.05) is 5.32 Å². The van der Waals surface area contributed by atoms with Crippen LogP contribution in [-0.2, 0) is 0 Å². The molecule has 18 heavy (non-hydrogen) atoms. The molecule has 0 aliphatic rings. The minimum absolute atomic E-state index is 0.415. The fourth-order valence-electron chi connectivity index (χ4n) is 1.67. The molecule has 0 aromatic heterocycles. The standard InChI is InChI=1S/C14H10Cl2N2/c1-9-4-2-6-12(16)14(9)18-13-7-3-5-11(15)10(13)8-17/h2-7,18H,1H3. The van der Waals surface area contributed by atoms with E-state index in [1.165, 1.54) is 0 Å². The molecule has 2 aromatic rings. The Kier molecular flexibility index (Phi) is 3.76. The zero-order chi connectivity index (χ0) is 13.1. The van der Waals surface area contributed by atoms with Gasteiger partial charge in [0.2, 0.25) is 0 Å². The average Bonchev–Trinajstić information content (AvgIpc) is 2.34. The fourth-order valence-corrected chi connectivity index (χ4v) is 2.15. The van der Waals surface area contributed by atoms with Crippen LogP contribution in [-0.4, -0.2) is 0 Å². The van der Waals surface area contributed by atoms with Crippen LogP contribution in [0, 0.1) is 18.3 Å². The van der Waals surface area contributed by atoms with Gasteiger partial charge in [0.05, 0.1) is 27.0 Å². The Hall–Kier alpha value is -1.69. The van der Waals surface area contributed by atoms with Gasteiger partial charge in [0.25, 0.3) is 0 Å². The highest BCUT2D eigenvalue weighted by Crippen LogP contribution is 2.32. The number of aryl methyl sites for hydroxylation is 1. The van der Waals surface area contributed by atoms with Gasteiger partial charge in [-0.1, -0.05) is 41.4 Å². The summed E-state index contributed by atoms with van der Waals surface area (Å²) in [7, 11) is 0. The van der Waals surface area contributed by atoms with E-state index in [0.29, 0.717) is 21.3 Å². The lowest BCUT2D eigenvalue weighted by atomic mass is 10.1. The van der Waals surface area contributed by atoms with Crippen LogP contribution in [0.4, 0.5) is 11.4 Å². The maximum Gasteiger partial charge on any atom is 0.103 e. The molecule has 0 fully saturated rings. The molecule has 0 radical (unpaired) electrons. The number of hydrogen-bond acceptors (Lipinski definition) is 2. The Labute approximate surface area is 116 Å². The molecule has 0 atom stereocenters. The number of nitriles is 1. The van der Waals surface area contributed by atoms with Gasteiger partial charge in [-0.05, 0) is 30.7 Å². The summed E-state index contributed by atoms with van der Waals surface area (Å²) in [6.45, 7) is 1.95. The quantitative estimate of drug-likeness (QED) is 0.845. The SMILES string of the molecule is Cc1cccc(Cl)c1Nc1cccc(Cl)c1C#N. The molecule has 0 saturated carbocycles. The van der Waals surface area contributed by atoms with Crippen LogP contribution in [0.1, 0.15) is 11.1 Å². The van der Waals surface area contributed by atoms with Gasteiger partial charge < -0.3 is 5.32 Å². The van der Waals surface area contributed by atoms with Crippen LogP contribution in [0.2, 0.25) is 10.0 Å². The highest BCUT2D eigenvalue weighted by atomic mass is 35.5. The molecule has 90 valence electrons. The smallest absolute Gasteiger partial charge is 0.103 e. The largest absolute Gasteiger partial charge is 0.353 e. The summed E-state index contributed by atoms with van der Waals surface area (Å²) in [6.07, 6.45) is 0. The maximum absolute atomic E-state index is 9.11. The lowest BCUT2D eigenvalue weighted by molar-refractivity contribution is 1.41. The highest BCUT2D eigenvalue weighted by molar-refractivity contribution is 6.34. The van der Waals surface area contributed by atoms with Gasteiger partial charge in [0.1, 0.15) is 6.07 Å². The first-order valence-electron chi connectivity index (χ1n) is 5.34. The molecule has 2 aromatic carbocycles. The zero-order valence-corrected chi connectivity index (χ0v) is 11.2. The van der Waals surface area contributed by atoms with Gasteiger partial charge in [-0.3, -0.25) is 0 Å². The number of benzene rings is 2. The molecule has 0 bridgehead atoms. The number of nitrogens with zero attached hydrogens (tertiary/aromatic N) is 1. The summed E-state index contributed by atoms with van der Waals surface area (Å²) in [6, 6.07) is 13.0. The third-order valence-corrected chi connectivity index (χ3v) is 3.24. The van der Waals surface area contributed by atoms with Crippen LogP contribution < -0.4 is 5.32 Å². The Balaban J connectivity index is 2.48. The second-order valence-electron chi connectivity index (χ2n) is 3.83. The van der Waals surface area contributed by atoms with Crippen molar-refractivity contribution in [1.29, 1.82) is 5.26 Å². The number of nitrogens with one attached hydrogen (secondary N) is 1. The average molecular weight is 277 g/mol. The lowest BCUT2D eigenvalue weighted by Crippen LogP contribution is -1.97. The number of anilines is 2. The molecule has 2 nitrogen and oxygen atoms in total. The summed E-state index contributed by atoms with van der Waals surface area (Å²) >= 11 is 12.1. The first kappa shape index (κ1) is 12.8. The predicted octanol–water partition coefficient (Wildman–Crippen LogP) is 4.92. The summed E-state index contributed by atoms with van der Waals surface area (Å²) < 4.78 is 0. The minimum atomic E-state index is 0.415. The normalized spacial score (nSPS) is 9.89. The number of halogens is 2. The van der Waals surface area contributed by atoms with Crippen molar-refractivity contribution in [3.63, 3.8) is 0 Å². The van der Waals surface area contributed by atoms with Crippen molar-refractivity contribution >= 4 is 34.6 Å². The molecular weight excluding hydrogens is 267 g/mol. The second kappa shape index (κ2) is 5.30. The first-order chi connectivity index (χ1) is 8.63. The van der Waals surface area contributed by atoms with E-state index in [2.05, 4.69) is 11.4 Å². The molecule has 0 amide bonds. The maximum atomic E-state index is 9.11. The van der Waals surface area contributed by atoms with Gasteiger partial charge >= 0.3 is 0 Å². The Morgan fingerprint density at radius 3 is 2.39 bits per heavy atom. The van der Waals surface area contributed by atoms with Gasteiger partial charge in [-0.2, -0.15) is 5.26 Å². The van der Waals surface area contributed by atoms with Crippen molar-refractivity contribution < 1.29 is 0 Å². The highest BCUT2D eigenvalue weighted by Gasteiger charge is 2.09.